The Bertz CT molecular complexity index is 373. The highest BCUT2D eigenvalue weighted by atomic mass is 32.2. The van der Waals surface area contributed by atoms with Gasteiger partial charge in [-0.1, -0.05) is 0 Å². The van der Waals surface area contributed by atoms with E-state index in [0.29, 0.717) is 12.2 Å². The fraction of sp³-hybridized carbons (Fsp3) is 0.500. The molecule has 1 aromatic heterocycles. The van der Waals surface area contributed by atoms with Gasteiger partial charge in [0, 0.05) is 34.7 Å². The largest absolute Gasteiger partial charge is 0.345 e. The van der Waals surface area contributed by atoms with E-state index in [1.165, 1.54) is 6.20 Å². The highest BCUT2D eigenvalue weighted by Gasteiger charge is 2.00. The molecule has 72 valence electrons. The Kier molecular flexibility index (Phi) is 3.36. The van der Waals surface area contributed by atoms with Gasteiger partial charge in [-0.25, -0.2) is 9.78 Å². The van der Waals surface area contributed by atoms with E-state index in [4.69, 9.17) is 0 Å². The van der Waals surface area contributed by atoms with Gasteiger partial charge in [-0.15, -0.1) is 0 Å². The molecule has 0 aliphatic heterocycles. The fourth-order valence-electron chi connectivity index (χ4n) is 0.999. The first-order valence-corrected chi connectivity index (χ1v) is 5.67. The number of nitrogens with zero attached hydrogens (tertiary/aromatic N) is 1. The molecule has 1 N–H and O–H groups in total. The van der Waals surface area contributed by atoms with Crippen molar-refractivity contribution < 1.29 is 4.21 Å². The average Bonchev–Trinajstić information content (AvgIpc) is 2.06. The molecule has 1 atom stereocenters. The summed E-state index contributed by atoms with van der Waals surface area (Å²) >= 11 is 0. The summed E-state index contributed by atoms with van der Waals surface area (Å²) in [7, 11) is -0.823. The topological polar surface area (TPSA) is 62.8 Å². The van der Waals surface area contributed by atoms with Gasteiger partial charge in [0.2, 0.25) is 0 Å². The number of aromatic amines is 1. The summed E-state index contributed by atoms with van der Waals surface area (Å²) in [6, 6.07) is 0. The number of hydrogen-bond donors (Lipinski definition) is 1. The second-order valence-corrected chi connectivity index (χ2v) is 4.43. The molecule has 0 saturated carbocycles. The molecule has 5 heteroatoms. The van der Waals surface area contributed by atoms with Gasteiger partial charge in [-0.2, -0.15) is 0 Å². The van der Waals surface area contributed by atoms with E-state index in [2.05, 4.69) is 9.97 Å². The van der Waals surface area contributed by atoms with Crippen LogP contribution in [0.3, 0.4) is 0 Å². The normalized spacial score (nSPS) is 12.8. The summed E-state index contributed by atoms with van der Waals surface area (Å²) in [5.41, 5.74) is 1.42. The van der Waals surface area contributed by atoms with Gasteiger partial charge in [-0.05, 0) is 18.9 Å². The quantitative estimate of drug-likeness (QED) is 0.747. The molecule has 1 heterocycles. The van der Waals surface area contributed by atoms with E-state index in [1.807, 2.05) is 6.92 Å². The van der Waals surface area contributed by atoms with Gasteiger partial charge < -0.3 is 4.98 Å². The smallest absolute Gasteiger partial charge is 0.310 e. The predicted molar refractivity (Wildman–Crippen MR) is 52.2 cm³/mol. The van der Waals surface area contributed by atoms with E-state index < -0.39 is 10.8 Å². The molecule has 0 aliphatic rings. The Morgan fingerprint density at radius 2 is 2.31 bits per heavy atom. The van der Waals surface area contributed by atoms with Crippen LogP contribution >= 0.6 is 0 Å². The van der Waals surface area contributed by atoms with E-state index in [9.17, 15) is 9.00 Å². The van der Waals surface area contributed by atoms with E-state index in [0.717, 1.165) is 11.3 Å². The number of aromatic nitrogens is 2. The third kappa shape index (κ3) is 3.10. The third-order valence-electron chi connectivity index (χ3n) is 1.75. The second-order valence-electron chi connectivity index (χ2n) is 2.88. The molecule has 1 aromatic rings. The first kappa shape index (κ1) is 10.1. The first-order valence-electron chi connectivity index (χ1n) is 3.94. The first-order chi connectivity index (χ1) is 6.09. The summed E-state index contributed by atoms with van der Waals surface area (Å²) in [5.74, 6) is 0.570. The molecule has 4 nitrogen and oxygen atoms in total. The third-order valence-corrected chi connectivity index (χ3v) is 2.53. The minimum Gasteiger partial charge on any atom is -0.310 e. The molecule has 0 aromatic carbocycles. The number of H-pyrrole nitrogens is 1. The van der Waals surface area contributed by atoms with Crippen LogP contribution in [-0.2, 0) is 17.2 Å². The molecule has 13 heavy (non-hydrogen) atoms. The van der Waals surface area contributed by atoms with Crippen molar-refractivity contribution in [2.45, 2.75) is 13.3 Å². The van der Waals surface area contributed by atoms with Crippen LogP contribution < -0.4 is 5.69 Å². The van der Waals surface area contributed by atoms with Crippen LogP contribution in [0.1, 0.15) is 11.3 Å². The van der Waals surface area contributed by atoms with Gasteiger partial charge in [0.15, 0.2) is 0 Å². The lowest BCUT2D eigenvalue weighted by Crippen LogP contribution is -2.15. The minimum atomic E-state index is -0.823. The van der Waals surface area contributed by atoms with Gasteiger partial charge in [0.1, 0.15) is 0 Å². The van der Waals surface area contributed by atoms with Crippen LogP contribution in [0.15, 0.2) is 11.0 Å². The van der Waals surface area contributed by atoms with Crippen LogP contribution in [0, 0.1) is 6.92 Å². The maximum absolute atomic E-state index is 10.8. The fourth-order valence-corrected chi connectivity index (χ4v) is 1.49. The van der Waals surface area contributed by atoms with Gasteiger partial charge in [0.25, 0.3) is 0 Å². The summed E-state index contributed by atoms with van der Waals surface area (Å²) < 4.78 is 10.8. The molecular weight excluding hydrogens is 188 g/mol. The average molecular weight is 200 g/mol. The number of hydrogen-bond acceptors (Lipinski definition) is 3. The maximum Gasteiger partial charge on any atom is 0.345 e. The monoisotopic (exact) mass is 200 g/mol. The number of rotatable bonds is 3. The van der Waals surface area contributed by atoms with Gasteiger partial charge in [0.05, 0.1) is 0 Å². The van der Waals surface area contributed by atoms with Crippen molar-refractivity contribution in [2.75, 3.05) is 12.0 Å². The van der Waals surface area contributed by atoms with Crippen molar-refractivity contribution in [1.82, 2.24) is 9.97 Å². The molecule has 0 radical (unpaired) electrons. The Balaban J connectivity index is 2.81. The summed E-state index contributed by atoms with van der Waals surface area (Å²) in [6.45, 7) is 1.87. The van der Waals surface area contributed by atoms with Crippen molar-refractivity contribution in [3.8, 4) is 0 Å². The molecule has 1 rings (SSSR count). The Labute approximate surface area is 78.9 Å². The lowest BCUT2D eigenvalue weighted by atomic mass is 10.2. The summed E-state index contributed by atoms with van der Waals surface area (Å²) in [4.78, 5) is 17.1. The molecule has 0 spiro atoms. The predicted octanol–water partition coefficient (Wildman–Crippen LogP) is -0.000680. The Hall–Kier alpha value is -0.970. The second kappa shape index (κ2) is 4.32. The molecule has 0 amide bonds. The highest BCUT2D eigenvalue weighted by molar-refractivity contribution is 7.84. The van der Waals surface area contributed by atoms with Gasteiger partial charge in [-0.3, -0.25) is 4.21 Å². The lowest BCUT2D eigenvalue weighted by molar-refractivity contribution is 0.685. The lowest BCUT2D eigenvalue weighted by Gasteiger charge is -2.02. The van der Waals surface area contributed by atoms with Crippen molar-refractivity contribution in [3.63, 3.8) is 0 Å². The van der Waals surface area contributed by atoms with Crippen LogP contribution in [0.4, 0.5) is 0 Å². The summed E-state index contributed by atoms with van der Waals surface area (Å²) in [5, 5.41) is 0. The highest BCUT2D eigenvalue weighted by Crippen LogP contribution is 2.00. The Morgan fingerprint density at radius 3 is 2.92 bits per heavy atom. The number of nitrogens with one attached hydrogen (secondary N) is 1. The zero-order valence-electron chi connectivity index (χ0n) is 7.66. The zero-order chi connectivity index (χ0) is 9.84. The van der Waals surface area contributed by atoms with E-state index in [-0.39, 0.29) is 5.69 Å². The van der Waals surface area contributed by atoms with Crippen molar-refractivity contribution in [3.05, 3.63) is 27.9 Å². The molecular formula is C8H12N2O2S. The molecule has 1 unspecified atom stereocenters. The van der Waals surface area contributed by atoms with Crippen molar-refractivity contribution >= 4 is 10.8 Å². The van der Waals surface area contributed by atoms with Crippen LogP contribution in [0.25, 0.3) is 0 Å². The molecule has 0 fully saturated rings. The van der Waals surface area contributed by atoms with Crippen LogP contribution in [-0.4, -0.2) is 26.2 Å². The van der Waals surface area contributed by atoms with E-state index in [1.54, 1.807) is 6.26 Å². The van der Waals surface area contributed by atoms with Crippen molar-refractivity contribution in [2.24, 2.45) is 0 Å². The molecule has 0 aliphatic carbocycles. The van der Waals surface area contributed by atoms with Gasteiger partial charge >= 0.3 is 5.69 Å². The van der Waals surface area contributed by atoms with E-state index >= 15 is 0 Å². The molecule has 0 bridgehead atoms. The SMILES string of the molecule is Cc1cnc(=O)[nH]c1CCS(C)=O. The van der Waals surface area contributed by atoms with Crippen LogP contribution in [0.2, 0.25) is 0 Å². The minimum absolute atomic E-state index is 0.345. The summed E-state index contributed by atoms with van der Waals surface area (Å²) in [6.07, 6.45) is 3.81. The zero-order valence-corrected chi connectivity index (χ0v) is 8.48. The molecule has 0 saturated heterocycles. The van der Waals surface area contributed by atoms with Crippen molar-refractivity contribution in [1.29, 1.82) is 0 Å². The Morgan fingerprint density at radius 1 is 1.62 bits per heavy atom. The van der Waals surface area contributed by atoms with Crippen LogP contribution in [0.5, 0.6) is 0 Å². The number of aryl methyl sites for hydroxylation is 2. The maximum atomic E-state index is 10.8. The standard InChI is InChI=1S/C8H12N2O2S/c1-6-5-9-8(11)10-7(6)3-4-13(2)12/h5H,3-4H2,1-2H3,(H,9,10,11).